The number of hydrogen-bond donors (Lipinski definition) is 2. The van der Waals surface area contributed by atoms with E-state index in [4.69, 9.17) is 0 Å². The molecule has 1 amide bonds. The molecule has 0 aromatic rings. The van der Waals surface area contributed by atoms with Crippen LogP contribution in [0.4, 0.5) is 0 Å². The molecule has 18 heavy (non-hydrogen) atoms. The molecule has 0 spiro atoms. The summed E-state index contributed by atoms with van der Waals surface area (Å²) in [6, 6.07) is 0.316. The lowest BCUT2D eigenvalue weighted by Gasteiger charge is -2.38. The van der Waals surface area contributed by atoms with Crippen LogP contribution in [-0.4, -0.2) is 50.1 Å². The predicted molar refractivity (Wildman–Crippen MR) is 78.2 cm³/mol. The fourth-order valence-corrected chi connectivity index (χ4v) is 2.19. The van der Waals surface area contributed by atoms with Gasteiger partial charge in [0.1, 0.15) is 0 Å². The van der Waals surface area contributed by atoms with Crippen LogP contribution in [0.3, 0.4) is 0 Å². The Morgan fingerprint density at radius 3 is 2.61 bits per heavy atom. The first-order valence-electron chi connectivity index (χ1n) is 6.52. The minimum atomic E-state index is -0.0504. The Hall–Kier alpha value is -0.320. The van der Waals surface area contributed by atoms with Gasteiger partial charge in [-0.2, -0.15) is 0 Å². The van der Waals surface area contributed by atoms with Crippen molar-refractivity contribution in [3.05, 3.63) is 0 Å². The fraction of sp³-hybridized carbons (Fsp3) is 0.923. The van der Waals surface area contributed by atoms with Gasteiger partial charge >= 0.3 is 0 Å². The van der Waals surface area contributed by atoms with Gasteiger partial charge < -0.3 is 15.5 Å². The molecular formula is C13H28ClN3O. The van der Waals surface area contributed by atoms with Crippen LogP contribution in [0, 0.1) is 5.41 Å². The fourth-order valence-electron chi connectivity index (χ4n) is 2.19. The standard InChI is InChI=1S/C13H27N3O.ClH/c1-10(16(4)5)9-15-12(17)11-13(2,3)7-6-8-14-11;/h10-11,14H,6-9H2,1-5H3,(H,15,17);1H. The number of piperidine rings is 1. The van der Waals surface area contributed by atoms with Crippen molar-refractivity contribution >= 4 is 18.3 Å². The summed E-state index contributed by atoms with van der Waals surface area (Å²) in [4.78, 5) is 14.3. The molecule has 0 radical (unpaired) electrons. The number of nitrogens with one attached hydrogen (secondary N) is 2. The van der Waals surface area contributed by atoms with Gasteiger partial charge in [0.05, 0.1) is 6.04 Å². The summed E-state index contributed by atoms with van der Waals surface area (Å²) in [6.45, 7) is 8.10. The lowest BCUT2D eigenvalue weighted by Crippen LogP contribution is -2.56. The maximum Gasteiger partial charge on any atom is 0.237 e. The maximum absolute atomic E-state index is 12.1. The van der Waals surface area contributed by atoms with E-state index in [9.17, 15) is 4.79 Å². The first kappa shape index (κ1) is 17.7. The van der Waals surface area contributed by atoms with Crippen LogP contribution in [0.25, 0.3) is 0 Å². The minimum absolute atomic E-state index is 0. The molecule has 1 rings (SSSR count). The van der Waals surface area contributed by atoms with E-state index in [0.29, 0.717) is 12.6 Å². The summed E-state index contributed by atoms with van der Waals surface area (Å²) in [5.41, 5.74) is 0.0592. The molecule has 4 nitrogen and oxygen atoms in total. The zero-order valence-electron chi connectivity index (χ0n) is 12.2. The van der Waals surface area contributed by atoms with Crippen LogP contribution in [0.2, 0.25) is 0 Å². The Morgan fingerprint density at radius 1 is 1.50 bits per heavy atom. The van der Waals surface area contributed by atoms with Crippen LogP contribution in [0.15, 0.2) is 0 Å². The monoisotopic (exact) mass is 277 g/mol. The van der Waals surface area contributed by atoms with E-state index in [2.05, 4.69) is 36.3 Å². The average Bonchev–Trinajstić information content (AvgIpc) is 2.24. The lowest BCUT2D eigenvalue weighted by atomic mass is 9.77. The second kappa shape index (κ2) is 7.31. The van der Waals surface area contributed by atoms with Crippen molar-refractivity contribution in [1.29, 1.82) is 0 Å². The van der Waals surface area contributed by atoms with E-state index in [1.807, 2.05) is 14.1 Å². The zero-order valence-corrected chi connectivity index (χ0v) is 13.1. The van der Waals surface area contributed by atoms with Crippen molar-refractivity contribution < 1.29 is 4.79 Å². The third kappa shape index (κ3) is 4.75. The Morgan fingerprint density at radius 2 is 2.11 bits per heavy atom. The molecule has 1 saturated heterocycles. The van der Waals surface area contributed by atoms with E-state index in [1.165, 1.54) is 0 Å². The molecule has 0 aromatic carbocycles. The molecule has 0 aromatic heterocycles. The average molecular weight is 278 g/mol. The Kier molecular flexibility index (Phi) is 7.18. The van der Waals surface area contributed by atoms with Gasteiger partial charge in [0.15, 0.2) is 0 Å². The largest absolute Gasteiger partial charge is 0.353 e. The van der Waals surface area contributed by atoms with Crippen molar-refractivity contribution in [2.24, 2.45) is 5.41 Å². The number of carbonyl (C=O) groups excluding carboxylic acids is 1. The summed E-state index contributed by atoms with van der Waals surface area (Å²) >= 11 is 0. The third-order valence-corrected chi connectivity index (χ3v) is 3.84. The molecule has 0 bridgehead atoms. The number of carbonyl (C=O) groups is 1. The van der Waals surface area contributed by atoms with Crippen LogP contribution >= 0.6 is 12.4 Å². The second-order valence-electron chi connectivity index (χ2n) is 6.04. The van der Waals surface area contributed by atoms with E-state index in [-0.39, 0.29) is 29.8 Å². The third-order valence-electron chi connectivity index (χ3n) is 3.84. The van der Waals surface area contributed by atoms with E-state index in [1.54, 1.807) is 0 Å². The molecular weight excluding hydrogens is 250 g/mol. The van der Waals surface area contributed by atoms with Crippen molar-refractivity contribution in [3.63, 3.8) is 0 Å². The van der Waals surface area contributed by atoms with Crippen LogP contribution in [-0.2, 0) is 4.79 Å². The number of halogens is 1. The topological polar surface area (TPSA) is 44.4 Å². The number of likely N-dealkylation sites (N-methyl/N-ethyl adjacent to an activating group) is 1. The summed E-state index contributed by atoms with van der Waals surface area (Å²) in [7, 11) is 4.05. The molecule has 1 aliphatic rings. The highest BCUT2D eigenvalue weighted by Gasteiger charge is 2.36. The highest BCUT2D eigenvalue weighted by Crippen LogP contribution is 2.29. The smallest absolute Gasteiger partial charge is 0.237 e. The van der Waals surface area contributed by atoms with Gasteiger partial charge in [-0.25, -0.2) is 0 Å². The molecule has 2 N–H and O–H groups in total. The van der Waals surface area contributed by atoms with Crippen molar-refractivity contribution in [3.8, 4) is 0 Å². The first-order valence-corrected chi connectivity index (χ1v) is 6.52. The number of amides is 1. The molecule has 0 aliphatic carbocycles. The molecule has 108 valence electrons. The van der Waals surface area contributed by atoms with Gasteiger partial charge in [-0.05, 0) is 45.8 Å². The number of hydrogen-bond acceptors (Lipinski definition) is 3. The Labute approximate surface area is 117 Å². The minimum Gasteiger partial charge on any atom is -0.353 e. The summed E-state index contributed by atoms with van der Waals surface area (Å²) in [6.07, 6.45) is 2.27. The Balaban J connectivity index is 0.00000289. The Bertz CT molecular complexity index is 269. The first-order chi connectivity index (χ1) is 7.84. The molecule has 0 saturated carbocycles. The van der Waals surface area contributed by atoms with Gasteiger partial charge in [-0.15, -0.1) is 12.4 Å². The number of rotatable bonds is 4. The van der Waals surface area contributed by atoms with Gasteiger partial charge in [-0.3, -0.25) is 4.79 Å². The van der Waals surface area contributed by atoms with Gasteiger partial charge in [-0.1, -0.05) is 13.8 Å². The highest BCUT2D eigenvalue weighted by molar-refractivity contribution is 5.85. The quantitative estimate of drug-likeness (QED) is 0.813. The molecule has 2 atom stereocenters. The van der Waals surface area contributed by atoms with Crippen molar-refractivity contribution in [2.75, 3.05) is 27.2 Å². The molecule has 1 fully saturated rings. The van der Waals surface area contributed by atoms with E-state index >= 15 is 0 Å². The highest BCUT2D eigenvalue weighted by atomic mass is 35.5. The summed E-state index contributed by atoms with van der Waals surface area (Å²) < 4.78 is 0. The van der Waals surface area contributed by atoms with Gasteiger partial charge in [0.2, 0.25) is 5.91 Å². The number of nitrogens with zero attached hydrogens (tertiary/aromatic N) is 1. The SMILES string of the molecule is CC(CNC(=O)C1NCCCC1(C)C)N(C)C.Cl. The zero-order chi connectivity index (χ0) is 13.1. The van der Waals surface area contributed by atoms with E-state index in [0.717, 1.165) is 19.4 Å². The second-order valence-corrected chi connectivity index (χ2v) is 6.04. The lowest BCUT2D eigenvalue weighted by molar-refractivity contribution is -0.127. The molecule has 1 heterocycles. The molecule has 1 aliphatic heterocycles. The molecule has 5 heteroatoms. The normalized spacial score (nSPS) is 24.2. The van der Waals surface area contributed by atoms with Crippen LogP contribution in [0.1, 0.15) is 33.6 Å². The summed E-state index contributed by atoms with van der Waals surface area (Å²) in [5, 5.41) is 6.38. The van der Waals surface area contributed by atoms with Crippen molar-refractivity contribution in [1.82, 2.24) is 15.5 Å². The van der Waals surface area contributed by atoms with Gasteiger partial charge in [0, 0.05) is 12.6 Å². The van der Waals surface area contributed by atoms with Crippen molar-refractivity contribution in [2.45, 2.75) is 45.7 Å². The van der Waals surface area contributed by atoms with Crippen LogP contribution < -0.4 is 10.6 Å². The summed E-state index contributed by atoms with van der Waals surface area (Å²) in [5.74, 6) is 0.142. The van der Waals surface area contributed by atoms with Gasteiger partial charge in [0.25, 0.3) is 0 Å². The van der Waals surface area contributed by atoms with E-state index < -0.39 is 0 Å². The maximum atomic E-state index is 12.1. The van der Waals surface area contributed by atoms with Crippen LogP contribution in [0.5, 0.6) is 0 Å². The predicted octanol–water partition coefficient (Wildman–Crippen LogP) is 1.25. The molecule has 2 unspecified atom stereocenters.